The first-order chi connectivity index (χ1) is 9.74. The molecule has 22 heavy (non-hydrogen) atoms. The van der Waals surface area contributed by atoms with Crippen LogP contribution < -0.4 is 0 Å². The van der Waals surface area contributed by atoms with Gasteiger partial charge < -0.3 is 4.43 Å². The molecule has 0 spiro atoms. The summed E-state index contributed by atoms with van der Waals surface area (Å²) in [6, 6.07) is 0. The summed E-state index contributed by atoms with van der Waals surface area (Å²) in [5, 5.41) is 0. The van der Waals surface area contributed by atoms with Crippen LogP contribution in [0.1, 0.15) is 40.5 Å². The van der Waals surface area contributed by atoms with Gasteiger partial charge in [-0.05, 0) is 44.8 Å². The second-order valence-corrected chi connectivity index (χ2v) is 12.8. The molecule has 0 unspecified atom stereocenters. The number of hydrogen-bond acceptors (Lipinski definition) is 2. The molecule has 2 aliphatic rings. The maximum Gasteiger partial charge on any atom is 0.422 e. The van der Waals surface area contributed by atoms with E-state index in [-0.39, 0.29) is 11.6 Å². The van der Waals surface area contributed by atoms with Gasteiger partial charge in [-0.25, -0.2) is 0 Å². The average molecular weight is 335 g/mol. The molecule has 2 nitrogen and oxygen atoms in total. The minimum Gasteiger partial charge on any atom is -0.399 e. The quantitative estimate of drug-likeness (QED) is 0.661. The second-order valence-electron chi connectivity index (χ2n) is 8.40. The summed E-state index contributed by atoms with van der Waals surface area (Å²) in [6.07, 6.45) is -3.13. The Labute approximate surface area is 132 Å². The number of fused-ring (bicyclic) bond motifs is 2. The molecule has 0 heterocycles. The largest absolute Gasteiger partial charge is 0.422 e. The standard InChI is InChI=1S/C16H28F3NOSi/c1-8-20-12-11-9-10-14(4,13(11,2)3)15(12,16(17,18)19)21-22(5,6)7/h11H,8-10H2,1-7H3/t11-,14-,15-/m1/s1. The normalized spacial score (nSPS) is 39.7. The fourth-order valence-electron chi connectivity index (χ4n) is 4.67. The minimum absolute atomic E-state index is 0.143. The van der Waals surface area contributed by atoms with Crippen molar-refractivity contribution < 1.29 is 17.6 Å². The fourth-order valence-corrected chi connectivity index (χ4v) is 6.03. The third kappa shape index (κ3) is 2.05. The van der Waals surface area contributed by atoms with Crippen molar-refractivity contribution in [2.75, 3.05) is 6.54 Å². The predicted octanol–water partition coefficient (Wildman–Crippen LogP) is 5.06. The van der Waals surface area contributed by atoms with Gasteiger partial charge in [0.25, 0.3) is 0 Å². The molecule has 2 aliphatic carbocycles. The van der Waals surface area contributed by atoms with E-state index in [0.717, 1.165) is 6.42 Å². The van der Waals surface area contributed by atoms with Crippen LogP contribution in [0.3, 0.4) is 0 Å². The van der Waals surface area contributed by atoms with Crippen LogP contribution in [-0.4, -0.2) is 32.4 Å². The molecule has 128 valence electrons. The van der Waals surface area contributed by atoms with Crippen LogP contribution in [0.25, 0.3) is 0 Å². The number of hydrogen-bond donors (Lipinski definition) is 0. The van der Waals surface area contributed by atoms with Gasteiger partial charge in [0.2, 0.25) is 0 Å². The molecule has 2 bridgehead atoms. The summed E-state index contributed by atoms with van der Waals surface area (Å²) >= 11 is 0. The van der Waals surface area contributed by atoms with Crippen LogP contribution in [0.4, 0.5) is 13.2 Å². The molecule has 3 atom stereocenters. The Balaban J connectivity index is 2.77. The Morgan fingerprint density at radius 2 is 1.77 bits per heavy atom. The van der Waals surface area contributed by atoms with E-state index in [9.17, 15) is 13.2 Å². The first-order valence-corrected chi connectivity index (χ1v) is 11.5. The molecule has 0 aromatic carbocycles. The van der Waals surface area contributed by atoms with Crippen LogP contribution in [0.5, 0.6) is 0 Å². The molecule has 0 amide bonds. The van der Waals surface area contributed by atoms with Crippen LogP contribution in [0.15, 0.2) is 4.99 Å². The molecule has 6 heteroatoms. The highest BCUT2D eigenvalue weighted by atomic mass is 28.4. The lowest BCUT2D eigenvalue weighted by molar-refractivity contribution is -0.266. The summed E-state index contributed by atoms with van der Waals surface area (Å²) in [6.45, 7) is 13.3. The van der Waals surface area contributed by atoms with Crippen molar-refractivity contribution in [2.45, 2.75) is 72.0 Å². The van der Waals surface area contributed by atoms with Gasteiger partial charge in [0.15, 0.2) is 13.9 Å². The van der Waals surface area contributed by atoms with E-state index in [1.807, 2.05) is 33.5 Å². The van der Waals surface area contributed by atoms with E-state index < -0.39 is 30.9 Å². The third-order valence-corrected chi connectivity index (χ3v) is 6.80. The van der Waals surface area contributed by atoms with Gasteiger partial charge in [-0.1, -0.05) is 20.8 Å². The van der Waals surface area contributed by atoms with Gasteiger partial charge >= 0.3 is 6.18 Å². The molecule has 2 saturated carbocycles. The van der Waals surface area contributed by atoms with Gasteiger partial charge in [0.1, 0.15) is 0 Å². The lowest BCUT2D eigenvalue weighted by Crippen LogP contribution is -2.66. The van der Waals surface area contributed by atoms with Gasteiger partial charge in [0.05, 0.1) is 5.71 Å². The Morgan fingerprint density at radius 3 is 2.18 bits per heavy atom. The predicted molar refractivity (Wildman–Crippen MR) is 85.8 cm³/mol. The van der Waals surface area contributed by atoms with Crippen molar-refractivity contribution in [1.82, 2.24) is 0 Å². The first-order valence-electron chi connectivity index (χ1n) is 8.06. The summed E-state index contributed by atoms with van der Waals surface area (Å²) < 4.78 is 49.1. The zero-order valence-corrected chi connectivity index (χ0v) is 15.7. The molecule has 0 aromatic heterocycles. The molecule has 0 saturated heterocycles. The number of nitrogens with zero attached hydrogens (tertiary/aromatic N) is 1. The molecular weight excluding hydrogens is 307 g/mol. The van der Waals surface area contributed by atoms with Crippen molar-refractivity contribution in [3.05, 3.63) is 0 Å². The Kier molecular flexibility index (Phi) is 3.94. The molecular formula is C16H28F3NOSi. The summed E-state index contributed by atoms with van der Waals surface area (Å²) in [7, 11) is -2.42. The monoisotopic (exact) mass is 335 g/mol. The van der Waals surface area contributed by atoms with Gasteiger partial charge in [0, 0.05) is 17.9 Å². The van der Waals surface area contributed by atoms with Gasteiger partial charge in [-0.15, -0.1) is 0 Å². The van der Waals surface area contributed by atoms with Crippen LogP contribution in [0, 0.1) is 16.7 Å². The Hall–Kier alpha value is -0.363. The number of alkyl halides is 3. The minimum atomic E-state index is -4.44. The maximum atomic E-state index is 14.4. The molecule has 0 aromatic rings. The summed E-state index contributed by atoms with van der Waals surface area (Å²) in [5.41, 5.74) is -3.39. The molecule has 0 N–H and O–H groups in total. The van der Waals surface area contributed by atoms with Crippen molar-refractivity contribution in [3.8, 4) is 0 Å². The van der Waals surface area contributed by atoms with E-state index in [2.05, 4.69) is 4.99 Å². The third-order valence-electron chi connectivity index (χ3n) is 5.88. The highest BCUT2D eigenvalue weighted by molar-refractivity contribution is 6.70. The zero-order chi connectivity index (χ0) is 17.2. The van der Waals surface area contributed by atoms with Crippen molar-refractivity contribution in [2.24, 2.45) is 21.7 Å². The maximum absolute atomic E-state index is 14.4. The number of halogens is 3. The van der Waals surface area contributed by atoms with Crippen molar-refractivity contribution in [1.29, 1.82) is 0 Å². The summed E-state index contributed by atoms with van der Waals surface area (Å²) in [4.78, 5) is 4.35. The van der Waals surface area contributed by atoms with Crippen molar-refractivity contribution in [3.63, 3.8) is 0 Å². The van der Waals surface area contributed by atoms with E-state index in [0.29, 0.717) is 13.0 Å². The SMILES string of the molecule is CCN=C1[C@H]2CC[C@](C)(C2(C)C)[C@@]1(O[Si](C)(C)C)C(F)(F)F. The highest BCUT2D eigenvalue weighted by Crippen LogP contribution is 2.73. The lowest BCUT2D eigenvalue weighted by Gasteiger charge is -2.51. The fraction of sp³-hybridized carbons (Fsp3) is 0.938. The van der Waals surface area contributed by atoms with Crippen LogP contribution in [-0.2, 0) is 4.43 Å². The topological polar surface area (TPSA) is 21.6 Å². The van der Waals surface area contributed by atoms with Crippen molar-refractivity contribution >= 4 is 14.0 Å². The lowest BCUT2D eigenvalue weighted by atomic mass is 9.64. The average Bonchev–Trinajstić information content (AvgIpc) is 2.59. The molecule has 0 aliphatic heterocycles. The Morgan fingerprint density at radius 1 is 1.23 bits per heavy atom. The van der Waals surface area contributed by atoms with Gasteiger partial charge in [-0.2, -0.15) is 13.2 Å². The van der Waals surface area contributed by atoms with Gasteiger partial charge in [-0.3, -0.25) is 4.99 Å². The smallest absolute Gasteiger partial charge is 0.399 e. The highest BCUT2D eigenvalue weighted by Gasteiger charge is 2.82. The molecule has 2 rings (SSSR count). The van der Waals surface area contributed by atoms with E-state index in [4.69, 9.17) is 4.43 Å². The van der Waals surface area contributed by atoms with Crippen LogP contribution >= 0.6 is 0 Å². The number of aliphatic imine (C=N–C) groups is 1. The second kappa shape index (κ2) is 4.82. The zero-order valence-electron chi connectivity index (χ0n) is 14.7. The van der Waals surface area contributed by atoms with E-state index in [1.54, 1.807) is 13.8 Å². The molecule has 2 fully saturated rings. The van der Waals surface area contributed by atoms with Crippen LogP contribution in [0.2, 0.25) is 19.6 Å². The summed E-state index contributed by atoms with van der Waals surface area (Å²) in [5.74, 6) is -0.143. The molecule has 0 radical (unpaired) electrons. The first kappa shape index (κ1) is 18.0. The number of rotatable bonds is 3. The van der Waals surface area contributed by atoms with E-state index >= 15 is 0 Å². The Bertz CT molecular complexity index is 495. The van der Waals surface area contributed by atoms with E-state index in [1.165, 1.54) is 0 Å².